The third kappa shape index (κ3) is 3.49. The summed E-state index contributed by atoms with van der Waals surface area (Å²) in [4.78, 5) is 13.6. The summed E-state index contributed by atoms with van der Waals surface area (Å²) in [5.41, 5.74) is 2.96. The zero-order chi connectivity index (χ0) is 17.2. The maximum absolute atomic E-state index is 12.2. The molecule has 0 aliphatic carbocycles. The Balaban J connectivity index is 1.78. The quantitative estimate of drug-likeness (QED) is 0.908. The number of hydrogen-bond acceptors (Lipinski definition) is 3. The maximum atomic E-state index is 12.2. The first-order valence-corrected chi connectivity index (χ1v) is 9.22. The second-order valence-corrected chi connectivity index (χ2v) is 7.09. The lowest BCUT2D eigenvalue weighted by molar-refractivity contribution is -0.117. The standard InChI is InChI=1S/C18H18N2O3S/c1-2-20-17-9-8-16(12-15(17)13-18(20)21)19-24(22,23)11-10-14-6-4-3-5-7-14/h3-12,19H,2,13H2,1H3. The first kappa shape index (κ1) is 16.3. The van der Waals surface area contributed by atoms with Gasteiger partial charge in [0.2, 0.25) is 5.91 Å². The first-order chi connectivity index (χ1) is 11.5. The van der Waals surface area contributed by atoms with Gasteiger partial charge in [-0.15, -0.1) is 0 Å². The van der Waals surface area contributed by atoms with Gasteiger partial charge in [0.1, 0.15) is 0 Å². The van der Waals surface area contributed by atoms with E-state index in [0.717, 1.165) is 22.2 Å². The van der Waals surface area contributed by atoms with Crippen molar-refractivity contribution in [3.05, 3.63) is 65.1 Å². The van der Waals surface area contributed by atoms with Crippen LogP contribution in [0.3, 0.4) is 0 Å². The number of hydrogen-bond donors (Lipinski definition) is 1. The van der Waals surface area contributed by atoms with Crippen molar-refractivity contribution >= 4 is 33.4 Å². The molecule has 2 aromatic carbocycles. The van der Waals surface area contributed by atoms with Crippen LogP contribution in [0.5, 0.6) is 0 Å². The molecule has 0 atom stereocenters. The highest BCUT2D eigenvalue weighted by Crippen LogP contribution is 2.31. The summed E-state index contributed by atoms with van der Waals surface area (Å²) in [5.74, 6) is 0.0384. The van der Waals surface area contributed by atoms with Crippen molar-refractivity contribution in [1.82, 2.24) is 0 Å². The summed E-state index contributed by atoms with van der Waals surface area (Å²) in [6, 6.07) is 14.4. The van der Waals surface area contributed by atoms with E-state index in [9.17, 15) is 13.2 Å². The molecule has 3 rings (SSSR count). The number of likely N-dealkylation sites (N-methyl/N-ethyl adjacent to an activating group) is 1. The van der Waals surface area contributed by atoms with Gasteiger partial charge in [0.25, 0.3) is 10.0 Å². The first-order valence-electron chi connectivity index (χ1n) is 7.68. The number of nitrogens with one attached hydrogen (secondary N) is 1. The van der Waals surface area contributed by atoms with Crippen molar-refractivity contribution in [3.8, 4) is 0 Å². The van der Waals surface area contributed by atoms with E-state index in [1.807, 2.05) is 37.3 Å². The molecule has 6 heteroatoms. The van der Waals surface area contributed by atoms with E-state index in [0.29, 0.717) is 18.7 Å². The number of benzene rings is 2. The molecular formula is C18H18N2O3S. The number of carbonyl (C=O) groups is 1. The Labute approximate surface area is 141 Å². The fourth-order valence-corrected chi connectivity index (χ4v) is 3.58. The Morgan fingerprint density at radius 1 is 1.17 bits per heavy atom. The van der Waals surface area contributed by atoms with E-state index in [-0.39, 0.29) is 5.91 Å². The maximum Gasteiger partial charge on any atom is 0.255 e. The number of anilines is 2. The van der Waals surface area contributed by atoms with Gasteiger partial charge < -0.3 is 4.90 Å². The summed E-state index contributed by atoms with van der Waals surface area (Å²) in [6.45, 7) is 2.52. The van der Waals surface area contributed by atoms with Gasteiger partial charge in [-0.25, -0.2) is 8.42 Å². The highest BCUT2D eigenvalue weighted by molar-refractivity contribution is 7.95. The minimum Gasteiger partial charge on any atom is -0.312 e. The van der Waals surface area contributed by atoms with E-state index in [4.69, 9.17) is 0 Å². The van der Waals surface area contributed by atoms with E-state index in [2.05, 4.69) is 4.72 Å². The molecule has 1 heterocycles. The molecule has 1 aliphatic heterocycles. The van der Waals surface area contributed by atoms with Crippen LogP contribution in [0.1, 0.15) is 18.1 Å². The van der Waals surface area contributed by atoms with E-state index < -0.39 is 10.0 Å². The van der Waals surface area contributed by atoms with Crippen LogP contribution in [0.4, 0.5) is 11.4 Å². The molecule has 0 bridgehead atoms. The van der Waals surface area contributed by atoms with Crippen molar-refractivity contribution in [1.29, 1.82) is 0 Å². The van der Waals surface area contributed by atoms with Crippen LogP contribution in [0, 0.1) is 0 Å². The van der Waals surface area contributed by atoms with Crippen molar-refractivity contribution in [2.75, 3.05) is 16.2 Å². The molecule has 24 heavy (non-hydrogen) atoms. The van der Waals surface area contributed by atoms with Gasteiger partial charge in [-0.3, -0.25) is 9.52 Å². The van der Waals surface area contributed by atoms with E-state index in [1.54, 1.807) is 23.1 Å². The molecule has 5 nitrogen and oxygen atoms in total. The predicted octanol–water partition coefficient (Wildman–Crippen LogP) is 3.01. The van der Waals surface area contributed by atoms with E-state index >= 15 is 0 Å². The Morgan fingerprint density at radius 3 is 2.62 bits per heavy atom. The number of fused-ring (bicyclic) bond motifs is 1. The molecule has 2 aromatic rings. The van der Waals surface area contributed by atoms with Crippen molar-refractivity contribution < 1.29 is 13.2 Å². The van der Waals surface area contributed by atoms with Crippen LogP contribution in [0.15, 0.2) is 53.9 Å². The average Bonchev–Trinajstić information content (AvgIpc) is 2.88. The Hall–Kier alpha value is -2.60. The SMILES string of the molecule is CCN1C(=O)Cc2cc(NS(=O)(=O)C=Cc3ccccc3)ccc21. The molecule has 0 fully saturated rings. The molecule has 0 unspecified atom stereocenters. The van der Waals surface area contributed by atoms with Gasteiger partial charge in [0, 0.05) is 17.9 Å². The highest BCUT2D eigenvalue weighted by Gasteiger charge is 2.26. The summed E-state index contributed by atoms with van der Waals surface area (Å²) < 4.78 is 26.9. The van der Waals surface area contributed by atoms with Gasteiger partial charge in [0.05, 0.1) is 11.8 Å². The van der Waals surface area contributed by atoms with Gasteiger partial charge in [-0.2, -0.15) is 0 Å². The molecule has 0 spiro atoms. The number of nitrogens with zero attached hydrogens (tertiary/aromatic N) is 1. The fourth-order valence-electron chi connectivity index (χ4n) is 2.72. The lowest BCUT2D eigenvalue weighted by atomic mass is 10.1. The second kappa shape index (κ2) is 6.49. The molecule has 0 saturated carbocycles. The molecule has 124 valence electrons. The third-order valence-electron chi connectivity index (χ3n) is 3.83. The highest BCUT2D eigenvalue weighted by atomic mass is 32.2. The molecule has 1 aliphatic rings. The normalized spacial score (nSPS) is 14.2. The summed E-state index contributed by atoms with van der Waals surface area (Å²) in [5, 5.41) is 1.14. The average molecular weight is 342 g/mol. The molecule has 1 N–H and O–H groups in total. The Bertz CT molecular complexity index is 890. The summed E-state index contributed by atoms with van der Waals surface area (Å²) in [6.07, 6.45) is 1.84. The van der Waals surface area contributed by atoms with Crippen molar-refractivity contribution in [3.63, 3.8) is 0 Å². The minimum atomic E-state index is -3.61. The Morgan fingerprint density at radius 2 is 1.92 bits per heavy atom. The Kier molecular flexibility index (Phi) is 4.40. The predicted molar refractivity (Wildman–Crippen MR) is 96.2 cm³/mol. The van der Waals surface area contributed by atoms with Gasteiger partial charge in [-0.05, 0) is 42.3 Å². The minimum absolute atomic E-state index is 0.0384. The van der Waals surface area contributed by atoms with Gasteiger partial charge >= 0.3 is 0 Å². The third-order valence-corrected chi connectivity index (χ3v) is 4.84. The fraction of sp³-hybridized carbons (Fsp3) is 0.167. The van der Waals surface area contributed by atoms with Crippen LogP contribution >= 0.6 is 0 Å². The van der Waals surface area contributed by atoms with E-state index in [1.165, 1.54) is 6.08 Å². The zero-order valence-corrected chi connectivity index (χ0v) is 14.1. The van der Waals surface area contributed by atoms with Crippen molar-refractivity contribution in [2.45, 2.75) is 13.3 Å². The molecule has 0 saturated heterocycles. The molecule has 0 radical (unpaired) electrons. The summed E-state index contributed by atoms with van der Waals surface area (Å²) in [7, 11) is -3.61. The lowest BCUT2D eigenvalue weighted by Crippen LogP contribution is -2.25. The number of amides is 1. The number of carbonyl (C=O) groups excluding carboxylic acids is 1. The van der Waals surface area contributed by atoms with Crippen LogP contribution in [0.25, 0.3) is 6.08 Å². The van der Waals surface area contributed by atoms with Crippen LogP contribution in [-0.4, -0.2) is 20.9 Å². The van der Waals surface area contributed by atoms with Gasteiger partial charge in [0.15, 0.2) is 0 Å². The van der Waals surface area contributed by atoms with Gasteiger partial charge in [-0.1, -0.05) is 30.3 Å². The summed E-state index contributed by atoms with van der Waals surface area (Å²) >= 11 is 0. The second-order valence-electron chi connectivity index (χ2n) is 5.52. The topological polar surface area (TPSA) is 66.5 Å². The van der Waals surface area contributed by atoms with Crippen molar-refractivity contribution in [2.24, 2.45) is 0 Å². The number of rotatable bonds is 5. The molecular weight excluding hydrogens is 324 g/mol. The molecule has 1 amide bonds. The monoisotopic (exact) mass is 342 g/mol. The van der Waals surface area contributed by atoms with Crippen LogP contribution in [-0.2, 0) is 21.2 Å². The van der Waals surface area contributed by atoms with Crippen LogP contribution < -0.4 is 9.62 Å². The largest absolute Gasteiger partial charge is 0.312 e. The molecule has 0 aromatic heterocycles. The van der Waals surface area contributed by atoms with Crippen LogP contribution in [0.2, 0.25) is 0 Å². The lowest BCUT2D eigenvalue weighted by Gasteiger charge is -2.14. The smallest absolute Gasteiger partial charge is 0.255 e. The number of sulfonamides is 1. The zero-order valence-electron chi connectivity index (χ0n) is 13.3.